The molecule has 1 aliphatic rings. The van der Waals surface area contributed by atoms with E-state index in [1.165, 1.54) is 0 Å². The summed E-state index contributed by atoms with van der Waals surface area (Å²) in [6.45, 7) is 12.6. The van der Waals surface area contributed by atoms with E-state index in [0.29, 0.717) is 5.41 Å². The van der Waals surface area contributed by atoms with Crippen LogP contribution in [0.3, 0.4) is 0 Å². The molecule has 1 rings (SSSR count). The van der Waals surface area contributed by atoms with E-state index in [-0.39, 0.29) is 0 Å². The molecule has 0 unspecified atom stereocenters. The van der Waals surface area contributed by atoms with Crippen molar-refractivity contribution >= 4 is 0 Å². The van der Waals surface area contributed by atoms with Gasteiger partial charge in [0.15, 0.2) is 0 Å². The Labute approximate surface area is 64.8 Å². The second-order valence-corrected chi connectivity index (χ2v) is 3.40. The third kappa shape index (κ3) is 2.30. The summed E-state index contributed by atoms with van der Waals surface area (Å²) in [5, 5.41) is 0. The highest BCUT2D eigenvalue weighted by molar-refractivity contribution is 4.79. The molecular formula is C9H20O. The van der Waals surface area contributed by atoms with Crippen LogP contribution >= 0.6 is 0 Å². The summed E-state index contributed by atoms with van der Waals surface area (Å²) in [5.74, 6) is 0.738. The van der Waals surface area contributed by atoms with Crippen LogP contribution in [0.25, 0.3) is 0 Å². The van der Waals surface area contributed by atoms with E-state index < -0.39 is 0 Å². The lowest BCUT2D eigenvalue weighted by atomic mass is 9.84. The van der Waals surface area contributed by atoms with E-state index in [4.69, 9.17) is 4.74 Å². The van der Waals surface area contributed by atoms with Crippen molar-refractivity contribution in [1.29, 1.82) is 0 Å². The van der Waals surface area contributed by atoms with Crippen LogP contribution in [0.4, 0.5) is 0 Å². The average Bonchev–Trinajstić information content (AvgIpc) is 2.17. The van der Waals surface area contributed by atoms with Crippen LogP contribution in [-0.2, 0) is 4.74 Å². The van der Waals surface area contributed by atoms with Crippen molar-refractivity contribution in [2.45, 2.75) is 34.6 Å². The molecule has 0 aromatic rings. The maximum atomic E-state index is 5.27. The smallest absolute Gasteiger partial charge is 0.0520 e. The van der Waals surface area contributed by atoms with Crippen LogP contribution < -0.4 is 0 Å². The maximum absolute atomic E-state index is 5.27. The minimum atomic E-state index is 0.431. The molecule has 10 heavy (non-hydrogen) atoms. The molecule has 1 nitrogen and oxygen atoms in total. The minimum absolute atomic E-state index is 0.431. The topological polar surface area (TPSA) is 9.23 Å². The summed E-state index contributed by atoms with van der Waals surface area (Å²) in [6, 6.07) is 0. The maximum Gasteiger partial charge on any atom is 0.0520 e. The first-order valence-electron chi connectivity index (χ1n) is 4.21. The molecule has 0 aromatic carbocycles. The molecule has 1 aliphatic heterocycles. The lowest BCUT2D eigenvalue weighted by Crippen LogP contribution is -2.18. The summed E-state index contributed by atoms with van der Waals surface area (Å²) >= 11 is 0. The third-order valence-corrected chi connectivity index (χ3v) is 2.18. The highest BCUT2D eigenvalue weighted by Gasteiger charge is 2.31. The Kier molecular flexibility index (Phi) is 3.95. The molecule has 0 radical (unpaired) electrons. The van der Waals surface area contributed by atoms with Gasteiger partial charge >= 0.3 is 0 Å². The van der Waals surface area contributed by atoms with E-state index in [0.717, 1.165) is 19.1 Å². The zero-order valence-corrected chi connectivity index (χ0v) is 7.90. The molecular weight excluding hydrogens is 124 g/mol. The van der Waals surface area contributed by atoms with Gasteiger partial charge < -0.3 is 4.74 Å². The van der Waals surface area contributed by atoms with Crippen molar-refractivity contribution in [3.05, 3.63) is 0 Å². The molecule has 0 N–H and O–H groups in total. The standard InChI is InChI=1S/C7H14O.C2H6/c1-6-4-8-5-7(6,2)3;1-2/h6H,4-5H2,1-3H3;1-2H3/t6-;/m0./s1. The van der Waals surface area contributed by atoms with Crippen LogP contribution in [0.5, 0.6) is 0 Å². The van der Waals surface area contributed by atoms with Gasteiger partial charge in [0.1, 0.15) is 0 Å². The normalized spacial score (nSPS) is 29.1. The van der Waals surface area contributed by atoms with Gasteiger partial charge in [0.05, 0.1) is 6.61 Å². The predicted octanol–water partition coefficient (Wildman–Crippen LogP) is 2.71. The number of rotatable bonds is 0. The first kappa shape index (κ1) is 9.96. The Morgan fingerprint density at radius 3 is 1.90 bits per heavy atom. The molecule has 0 bridgehead atoms. The number of hydrogen-bond acceptors (Lipinski definition) is 1. The van der Waals surface area contributed by atoms with Crippen LogP contribution in [0.1, 0.15) is 34.6 Å². The van der Waals surface area contributed by atoms with Crippen LogP contribution in [0, 0.1) is 11.3 Å². The molecule has 1 atom stereocenters. The van der Waals surface area contributed by atoms with Crippen molar-refractivity contribution in [3.8, 4) is 0 Å². The Morgan fingerprint density at radius 2 is 1.80 bits per heavy atom. The summed E-state index contributed by atoms with van der Waals surface area (Å²) < 4.78 is 5.27. The Balaban J connectivity index is 0.000000371. The summed E-state index contributed by atoms with van der Waals surface area (Å²) in [5.41, 5.74) is 0.431. The van der Waals surface area contributed by atoms with E-state index in [2.05, 4.69) is 20.8 Å². The molecule has 0 aromatic heterocycles. The highest BCUT2D eigenvalue weighted by Crippen LogP contribution is 2.32. The fraction of sp³-hybridized carbons (Fsp3) is 1.00. The Hall–Kier alpha value is -0.0400. The predicted molar refractivity (Wildman–Crippen MR) is 45.1 cm³/mol. The van der Waals surface area contributed by atoms with E-state index in [1.807, 2.05) is 13.8 Å². The summed E-state index contributed by atoms with van der Waals surface area (Å²) in [7, 11) is 0. The average molecular weight is 144 g/mol. The molecule has 0 amide bonds. The molecule has 0 spiro atoms. The van der Waals surface area contributed by atoms with Gasteiger partial charge in [-0.15, -0.1) is 0 Å². The fourth-order valence-electron chi connectivity index (χ4n) is 0.867. The SMILES string of the molecule is CC.C[C@H]1COCC1(C)C. The Morgan fingerprint density at radius 1 is 1.30 bits per heavy atom. The minimum Gasteiger partial charge on any atom is -0.381 e. The molecule has 1 heterocycles. The van der Waals surface area contributed by atoms with Crippen molar-refractivity contribution in [2.75, 3.05) is 13.2 Å². The van der Waals surface area contributed by atoms with Gasteiger partial charge in [0.25, 0.3) is 0 Å². The van der Waals surface area contributed by atoms with Gasteiger partial charge in [0, 0.05) is 6.61 Å². The zero-order valence-electron chi connectivity index (χ0n) is 7.90. The van der Waals surface area contributed by atoms with E-state index in [1.54, 1.807) is 0 Å². The van der Waals surface area contributed by atoms with Gasteiger partial charge in [-0.05, 0) is 11.3 Å². The first-order valence-corrected chi connectivity index (χ1v) is 4.21. The second kappa shape index (κ2) is 3.97. The number of hydrogen-bond donors (Lipinski definition) is 0. The fourth-order valence-corrected chi connectivity index (χ4v) is 0.867. The number of ether oxygens (including phenoxy) is 1. The quantitative estimate of drug-likeness (QED) is 0.508. The van der Waals surface area contributed by atoms with Gasteiger partial charge in [-0.3, -0.25) is 0 Å². The van der Waals surface area contributed by atoms with Crippen molar-refractivity contribution in [2.24, 2.45) is 11.3 Å². The molecule has 0 saturated carbocycles. The molecule has 62 valence electrons. The highest BCUT2D eigenvalue weighted by atomic mass is 16.5. The molecule has 1 saturated heterocycles. The lowest BCUT2D eigenvalue weighted by molar-refractivity contribution is 0.166. The van der Waals surface area contributed by atoms with Gasteiger partial charge in [0.2, 0.25) is 0 Å². The monoisotopic (exact) mass is 144 g/mol. The summed E-state index contributed by atoms with van der Waals surface area (Å²) in [6.07, 6.45) is 0. The molecule has 0 aliphatic carbocycles. The van der Waals surface area contributed by atoms with Gasteiger partial charge in [-0.25, -0.2) is 0 Å². The van der Waals surface area contributed by atoms with Gasteiger partial charge in [-0.1, -0.05) is 34.6 Å². The van der Waals surface area contributed by atoms with Crippen molar-refractivity contribution in [3.63, 3.8) is 0 Å². The van der Waals surface area contributed by atoms with E-state index >= 15 is 0 Å². The summed E-state index contributed by atoms with van der Waals surface area (Å²) in [4.78, 5) is 0. The Bertz CT molecular complexity index is 86.7. The van der Waals surface area contributed by atoms with Crippen molar-refractivity contribution < 1.29 is 4.74 Å². The molecule has 1 heteroatoms. The molecule has 1 fully saturated rings. The van der Waals surface area contributed by atoms with Gasteiger partial charge in [-0.2, -0.15) is 0 Å². The second-order valence-electron chi connectivity index (χ2n) is 3.40. The van der Waals surface area contributed by atoms with E-state index in [9.17, 15) is 0 Å². The van der Waals surface area contributed by atoms with Crippen molar-refractivity contribution in [1.82, 2.24) is 0 Å². The largest absolute Gasteiger partial charge is 0.381 e. The van der Waals surface area contributed by atoms with Crippen LogP contribution in [0.2, 0.25) is 0 Å². The van der Waals surface area contributed by atoms with Crippen LogP contribution in [0.15, 0.2) is 0 Å². The van der Waals surface area contributed by atoms with Crippen LogP contribution in [-0.4, -0.2) is 13.2 Å². The lowest BCUT2D eigenvalue weighted by Gasteiger charge is -2.19. The zero-order chi connectivity index (χ0) is 8.20. The third-order valence-electron chi connectivity index (χ3n) is 2.18. The first-order chi connectivity index (χ1) is 4.63.